The van der Waals surface area contributed by atoms with Crippen molar-refractivity contribution in [2.24, 2.45) is 5.41 Å². The van der Waals surface area contributed by atoms with E-state index < -0.39 is 6.43 Å². The molecule has 1 nitrogen and oxygen atoms in total. The van der Waals surface area contributed by atoms with Crippen LogP contribution in [0.2, 0.25) is 0 Å². The Bertz CT molecular complexity index is 498. The number of halogens is 2. The zero-order valence-corrected chi connectivity index (χ0v) is 11.2. The Morgan fingerprint density at radius 1 is 1.21 bits per heavy atom. The summed E-state index contributed by atoms with van der Waals surface area (Å²) in [7, 11) is 0. The molecule has 0 spiro atoms. The van der Waals surface area contributed by atoms with Crippen molar-refractivity contribution in [3.05, 3.63) is 41.0 Å². The van der Waals surface area contributed by atoms with Gasteiger partial charge in [-0.25, -0.2) is 8.78 Å². The van der Waals surface area contributed by atoms with Gasteiger partial charge in [-0.1, -0.05) is 38.1 Å². The van der Waals surface area contributed by atoms with Crippen LogP contribution in [0, 0.1) is 5.41 Å². The lowest BCUT2D eigenvalue weighted by Gasteiger charge is -2.32. The van der Waals surface area contributed by atoms with Gasteiger partial charge in [0.15, 0.2) is 0 Å². The predicted octanol–water partition coefficient (Wildman–Crippen LogP) is 4.79. The number of hydrogen-bond donors (Lipinski definition) is 0. The molecule has 0 heterocycles. The molecule has 0 unspecified atom stereocenters. The summed E-state index contributed by atoms with van der Waals surface area (Å²) in [5.41, 5.74) is 2.88. The first-order valence-corrected chi connectivity index (χ1v) is 6.49. The fourth-order valence-electron chi connectivity index (χ4n) is 2.55. The van der Waals surface area contributed by atoms with E-state index in [9.17, 15) is 13.6 Å². The predicted molar refractivity (Wildman–Crippen MR) is 72.0 cm³/mol. The maximum Gasteiger partial charge on any atom is 0.263 e. The topological polar surface area (TPSA) is 17.1 Å². The van der Waals surface area contributed by atoms with Crippen molar-refractivity contribution in [3.63, 3.8) is 0 Å². The van der Waals surface area contributed by atoms with Gasteiger partial charge in [0.1, 0.15) is 6.29 Å². The molecule has 19 heavy (non-hydrogen) atoms. The number of aldehydes is 1. The van der Waals surface area contributed by atoms with Crippen LogP contribution in [0.15, 0.2) is 29.8 Å². The second kappa shape index (κ2) is 5.24. The summed E-state index contributed by atoms with van der Waals surface area (Å²) in [6, 6.07) is 6.28. The van der Waals surface area contributed by atoms with E-state index in [1.54, 1.807) is 12.1 Å². The second-order valence-electron chi connectivity index (χ2n) is 5.89. The molecule has 0 saturated heterocycles. The van der Waals surface area contributed by atoms with Gasteiger partial charge in [0.25, 0.3) is 6.43 Å². The minimum absolute atomic E-state index is 0.0204. The molecule has 0 fully saturated rings. The third kappa shape index (κ3) is 3.09. The molecule has 0 saturated carbocycles. The van der Waals surface area contributed by atoms with E-state index >= 15 is 0 Å². The Morgan fingerprint density at radius 3 is 2.37 bits per heavy atom. The van der Waals surface area contributed by atoms with E-state index in [1.807, 2.05) is 0 Å². The summed E-state index contributed by atoms with van der Waals surface area (Å²) in [5.74, 6) is 0. The number of rotatable bonds is 3. The van der Waals surface area contributed by atoms with E-state index in [0.717, 1.165) is 42.3 Å². The molecule has 1 aromatic carbocycles. The largest absolute Gasteiger partial charge is 0.298 e. The molecule has 0 atom stereocenters. The van der Waals surface area contributed by atoms with E-state index in [4.69, 9.17) is 0 Å². The maximum atomic E-state index is 12.5. The normalized spacial score (nSPS) is 18.8. The van der Waals surface area contributed by atoms with Crippen LogP contribution in [0.4, 0.5) is 8.78 Å². The Kier molecular flexibility index (Phi) is 3.83. The summed E-state index contributed by atoms with van der Waals surface area (Å²) >= 11 is 0. The average Bonchev–Trinajstić information content (AvgIpc) is 2.38. The molecule has 1 aromatic rings. The van der Waals surface area contributed by atoms with Crippen molar-refractivity contribution in [2.75, 3.05) is 0 Å². The summed E-state index contributed by atoms with van der Waals surface area (Å²) in [6.45, 7) is 4.34. The van der Waals surface area contributed by atoms with Gasteiger partial charge in [-0.05, 0) is 41.4 Å². The summed E-state index contributed by atoms with van der Waals surface area (Å²) < 4.78 is 25.1. The lowest BCUT2D eigenvalue weighted by molar-refractivity contribution is -0.105. The average molecular weight is 264 g/mol. The number of hydrogen-bond acceptors (Lipinski definition) is 1. The van der Waals surface area contributed by atoms with E-state index in [1.165, 1.54) is 12.1 Å². The Balaban J connectivity index is 2.37. The molecule has 102 valence electrons. The number of alkyl halides is 2. The minimum atomic E-state index is -2.45. The number of carbonyl (C=O) groups excluding carboxylic acids is 1. The van der Waals surface area contributed by atoms with E-state index in [0.29, 0.717) is 0 Å². The van der Waals surface area contributed by atoms with Crippen molar-refractivity contribution >= 4 is 11.9 Å². The van der Waals surface area contributed by atoms with Gasteiger partial charge in [-0.2, -0.15) is 0 Å². The zero-order valence-electron chi connectivity index (χ0n) is 11.2. The number of benzene rings is 1. The van der Waals surface area contributed by atoms with Crippen LogP contribution in [0.3, 0.4) is 0 Å². The van der Waals surface area contributed by atoms with Crippen LogP contribution >= 0.6 is 0 Å². The maximum absolute atomic E-state index is 12.5. The molecule has 3 heteroatoms. The smallest absolute Gasteiger partial charge is 0.263 e. The summed E-state index contributed by atoms with van der Waals surface area (Å²) in [4.78, 5) is 11.2. The van der Waals surface area contributed by atoms with Crippen molar-refractivity contribution in [1.29, 1.82) is 0 Å². The number of allylic oxidation sites excluding steroid dienone is 2. The van der Waals surface area contributed by atoms with Crippen molar-refractivity contribution in [1.82, 2.24) is 0 Å². The van der Waals surface area contributed by atoms with Gasteiger partial charge in [-0.15, -0.1) is 0 Å². The quantitative estimate of drug-likeness (QED) is 0.717. The van der Waals surface area contributed by atoms with E-state index in [2.05, 4.69) is 13.8 Å². The molecule has 2 rings (SSSR count). The summed E-state index contributed by atoms with van der Waals surface area (Å²) in [5, 5.41) is 0. The van der Waals surface area contributed by atoms with Crippen molar-refractivity contribution < 1.29 is 13.6 Å². The Morgan fingerprint density at radius 2 is 1.84 bits per heavy atom. The van der Waals surface area contributed by atoms with Crippen LogP contribution in [0.5, 0.6) is 0 Å². The number of carbonyl (C=O) groups is 1. The molecule has 1 aliphatic carbocycles. The molecule has 0 bridgehead atoms. The van der Waals surface area contributed by atoms with Crippen LogP contribution in [0.1, 0.15) is 50.7 Å². The summed E-state index contributed by atoms with van der Waals surface area (Å²) in [6.07, 6.45) is 1.03. The van der Waals surface area contributed by atoms with Crippen LogP contribution in [-0.2, 0) is 4.79 Å². The third-order valence-corrected chi connectivity index (χ3v) is 3.77. The van der Waals surface area contributed by atoms with Crippen LogP contribution < -0.4 is 0 Å². The van der Waals surface area contributed by atoms with Crippen LogP contribution in [-0.4, -0.2) is 6.29 Å². The monoisotopic (exact) mass is 264 g/mol. The zero-order chi connectivity index (χ0) is 14.0. The highest BCUT2D eigenvalue weighted by Crippen LogP contribution is 2.42. The standard InChI is InChI=1S/C16H18F2O/c1-16(2)8-7-13(10-19)14(9-16)11-3-5-12(6-4-11)15(17)18/h3-6,10,15H,7-9H2,1-2H3. The molecule has 0 N–H and O–H groups in total. The Labute approximate surface area is 112 Å². The van der Waals surface area contributed by atoms with Crippen LogP contribution in [0.25, 0.3) is 5.57 Å². The fourth-order valence-corrected chi connectivity index (χ4v) is 2.55. The highest BCUT2D eigenvalue weighted by molar-refractivity contribution is 5.89. The SMILES string of the molecule is CC1(C)CCC(C=O)=C(c2ccc(C(F)F)cc2)C1. The highest BCUT2D eigenvalue weighted by atomic mass is 19.3. The first-order chi connectivity index (χ1) is 8.93. The van der Waals surface area contributed by atoms with Gasteiger partial charge < -0.3 is 0 Å². The van der Waals surface area contributed by atoms with E-state index in [-0.39, 0.29) is 11.0 Å². The molecule has 0 aromatic heterocycles. The van der Waals surface area contributed by atoms with Crippen molar-refractivity contribution in [3.8, 4) is 0 Å². The molecule has 0 amide bonds. The Hall–Kier alpha value is -1.51. The highest BCUT2D eigenvalue weighted by Gasteiger charge is 2.27. The molecule has 0 radical (unpaired) electrons. The van der Waals surface area contributed by atoms with Gasteiger partial charge in [0, 0.05) is 5.56 Å². The van der Waals surface area contributed by atoms with Gasteiger partial charge >= 0.3 is 0 Å². The van der Waals surface area contributed by atoms with Gasteiger partial charge in [0.05, 0.1) is 0 Å². The van der Waals surface area contributed by atoms with Crippen molar-refractivity contribution in [2.45, 2.75) is 39.5 Å². The van der Waals surface area contributed by atoms with Gasteiger partial charge in [0.2, 0.25) is 0 Å². The second-order valence-corrected chi connectivity index (χ2v) is 5.89. The fraction of sp³-hybridized carbons (Fsp3) is 0.438. The molecular weight excluding hydrogens is 246 g/mol. The lowest BCUT2D eigenvalue weighted by Crippen LogP contribution is -2.18. The molecule has 0 aliphatic heterocycles. The first-order valence-electron chi connectivity index (χ1n) is 6.49. The lowest BCUT2D eigenvalue weighted by atomic mass is 9.73. The van der Waals surface area contributed by atoms with Gasteiger partial charge in [-0.3, -0.25) is 4.79 Å². The first kappa shape index (κ1) is 13.9. The minimum Gasteiger partial charge on any atom is -0.298 e. The molecule has 1 aliphatic rings. The molecular formula is C16H18F2O. The third-order valence-electron chi connectivity index (χ3n) is 3.77.